The van der Waals surface area contributed by atoms with E-state index in [0.29, 0.717) is 24.1 Å². The number of pyridine rings is 1. The molecule has 0 fully saturated rings. The van der Waals surface area contributed by atoms with Crippen molar-refractivity contribution < 1.29 is 4.74 Å². The Morgan fingerprint density at radius 1 is 1.24 bits per heavy atom. The Kier molecular flexibility index (Phi) is 12.8. The van der Waals surface area contributed by atoms with E-state index >= 15 is 0 Å². The summed E-state index contributed by atoms with van der Waals surface area (Å²) in [6.07, 6.45) is 4.69. The number of benzene rings is 1. The molecular formula is C19H29BrN7OP. The summed E-state index contributed by atoms with van der Waals surface area (Å²) in [6.45, 7) is 5.60. The largest absolute Gasteiger partial charge is 0.453 e. The number of aromatic nitrogens is 1. The summed E-state index contributed by atoms with van der Waals surface area (Å²) in [6, 6.07) is 11.5. The van der Waals surface area contributed by atoms with Crippen LogP contribution >= 0.6 is 25.3 Å². The number of hydrogen-bond donors (Lipinski definition) is 5. The molecule has 0 spiro atoms. The van der Waals surface area contributed by atoms with E-state index in [9.17, 15) is 0 Å². The molecule has 2 heterocycles. The smallest absolute Gasteiger partial charge is 0.201 e. The van der Waals surface area contributed by atoms with Gasteiger partial charge in [0.05, 0.1) is 6.54 Å². The van der Waals surface area contributed by atoms with Crippen molar-refractivity contribution in [2.75, 3.05) is 18.4 Å². The number of halogens is 1. The van der Waals surface area contributed by atoms with Gasteiger partial charge < -0.3 is 20.9 Å². The number of aliphatic imine (C=N–C) groups is 1. The van der Waals surface area contributed by atoms with Crippen molar-refractivity contribution in [3.05, 3.63) is 58.8 Å². The van der Waals surface area contributed by atoms with Crippen LogP contribution in [0.5, 0.6) is 11.5 Å². The zero-order chi connectivity index (χ0) is 21.5. The predicted octanol–water partition coefficient (Wildman–Crippen LogP) is 3.51. The highest BCUT2D eigenvalue weighted by Gasteiger charge is 2.12. The summed E-state index contributed by atoms with van der Waals surface area (Å²) >= 11 is 3.43. The molecule has 1 aromatic carbocycles. The second-order valence-electron chi connectivity index (χ2n) is 5.56. The SMILES string of the molecule is CCC1=CNC(Nc2ncc(Br)cc2Oc2ccccc2)=NC1.CCNN.NP. The molecule has 7 N–H and O–H groups in total. The van der Waals surface area contributed by atoms with E-state index in [-0.39, 0.29) is 0 Å². The first-order valence-corrected chi connectivity index (χ1v) is 10.5. The molecule has 0 saturated carbocycles. The van der Waals surface area contributed by atoms with E-state index < -0.39 is 0 Å². The highest BCUT2D eigenvalue weighted by atomic mass is 79.9. The summed E-state index contributed by atoms with van der Waals surface area (Å²) in [7, 11) is 1.92. The van der Waals surface area contributed by atoms with E-state index in [1.165, 1.54) is 5.57 Å². The van der Waals surface area contributed by atoms with Crippen LogP contribution < -0.4 is 32.1 Å². The Bertz CT molecular complexity index is 785. The average Bonchev–Trinajstić information content (AvgIpc) is 2.78. The first kappa shape index (κ1) is 25.0. The number of hydrazine groups is 1. The molecule has 1 aromatic heterocycles. The van der Waals surface area contributed by atoms with Gasteiger partial charge >= 0.3 is 0 Å². The highest BCUT2D eigenvalue weighted by molar-refractivity contribution is 9.10. The fourth-order valence-electron chi connectivity index (χ4n) is 2.05. The number of guanidine groups is 1. The second kappa shape index (κ2) is 14.9. The van der Waals surface area contributed by atoms with E-state index in [4.69, 9.17) is 10.6 Å². The lowest BCUT2D eigenvalue weighted by Gasteiger charge is -2.17. The maximum absolute atomic E-state index is 5.92. The van der Waals surface area contributed by atoms with Gasteiger partial charge in [-0.2, -0.15) is 0 Å². The minimum atomic E-state index is 0.608. The molecule has 1 atom stereocenters. The van der Waals surface area contributed by atoms with Crippen LogP contribution in [0.15, 0.2) is 63.8 Å². The first-order chi connectivity index (χ1) is 14.2. The van der Waals surface area contributed by atoms with Crippen LogP contribution in [0.1, 0.15) is 20.3 Å². The minimum Gasteiger partial charge on any atom is -0.453 e. The maximum Gasteiger partial charge on any atom is 0.201 e. The molecule has 0 saturated heterocycles. The first-order valence-electron chi connectivity index (χ1n) is 9.07. The maximum atomic E-state index is 5.92. The van der Waals surface area contributed by atoms with Crippen molar-refractivity contribution in [3.63, 3.8) is 0 Å². The van der Waals surface area contributed by atoms with Gasteiger partial charge in [0.1, 0.15) is 5.75 Å². The molecule has 1 unspecified atom stereocenters. The number of rotatable bonds is 5. The molecule has 0 radical (unpaired) electrons. The Labute approximate surface area is 183 Å². The van der Waals surface area contributed by atoms with Crippen LogP contribution in [0.4, 0.5) is 5.82 Å². The summed E-state index contributed by atoms with van der Waals surface area (Å²) < 4.78 is 6.77. The molecule has 3 rings (SSSR count). The molecule has 1 aliphatic heterocycles. The van der Waals surface area contributed by atoms with Crippen molar-refractivity contribution in [3.8, 4) is 11.5 Å². The van der Waals surface area contributed by atoms with Crippen molar-refractivity contribution in [1.82, 2.24) is 15.7 Å². The van der Waals surface area contributed by atoms with Gasteiger partial charge in [-0.15, -0.1) is 0 Å². The monoisotopic (exact) mass is 481 g/mol. The number of nitrogens with zero attached hydrogens (tertiary/aromatic N) is 2. The number of nitrogens with one attached hydrogen (secondary N) is 3. The van der Waals surface area contributed by atoms with Crippen LogP contribution in [0, 0.1) is 0 Å². The summed E-state index contributed by atoms with van der Waals surface area (Å²) in [5.41, 5.74) is 8.11. The number of nitrogens with two attached hydrogens (primary N) is 2. The molecule has 0 bridgehead atoms. The number of para-hydroxylation sites is 1. The van der Waals surface area contributed by atoms with Crippen molar-refractivity contribution >= 4 is 37.1 Å². The predicted molar refractivity (Wildman–Crippen MR) is 128 cm³/mol. The lowest BCUT2D eigenvalue weighted by Crippen LogP contribution is -2.30. The molecule has 8 nitrogen and oxygen atoms in total. The summed E-state index contributed by atoms with van der Waals surface area (Å²) in [5, 5.41) is 6.32. The summed E-state index contributed by atoms with van der Waals surface area (Å²) in [4.78, 5) is 8.85. The van der Waals surface area contributed by atoms with Crippen LogP contribution in [0.25, 0.3) is 0 Å². The third-order valence-corrected chi connectivity index (χ3v) is 3.97. The van der Waals surface area contributed by atoms with E-state index in [0.717, 1.165) is 23.2 Å². The minimum absolute atomic E-state index is 0.608. The quantitative estimate of drug-likeness (QED) is 0.251. The lowest BCUT2D eigenvalue weighted by atomic mass is 10.2. The van der Waals surface area contributed by atoms with Crippen molar-refractivity contribution in [2.24, 2.45) is 16.3 Å². The molecular weight excluding hydrogens is 453 g/mol. The molecule has 158 valence electrons. The Balaban J connectivity index is 0.000000627. The Morgan fingerprint density at radius 2 is 1.93 bits per heavy atom. The average molecular weight is 482 g/mol. The van der Waals surface area contributed by atoms with Gasteiger partial charge in [-0.25, -0.2) is 9.98 Å². The standard InChI is InChI=1S/C17H17BrN4O.C2H8N2.H4NP/c1-2-12-9-20-17(21-10-12)22-16-15(8-13(18)11-19-16)23-14-6-4-3-5-7-14;1-2-4-3;1-2/h3-9,11H,2,10H2,1H3,(H2,19,20,21,22);4H,2-3H2,1H3;1-2H2. The van der Waals surface area contributed by atoms with E-state index in [1.54, 1.807) is 6.20 Å². The van der Waals surface area contributed by atoms with E-state index in [2.05, 4.69) is 54.4 Å². The fourth-order valence-corrected chi connectivity index (χ4v) is 2.36. The zero-order valence-corrected chi connectivity index (χ0v) is 19.4. The lowest BCUT2D eigenvalue weighted by molar-refractivity contribution is 0.482. The van der Waals surface area contributed by atoms with Crippen molar-refractivity contribution in [1.29, 1.82) is 0 Å². The topological polar surface area (TPSA) is 123 Å². The van der Waals surface area contributed by atoms with Gasteiger partial charge in [0.25, 0.3) is 0 Å². The Hall–Kier alpha value is -2.03. The van der Waals surface area contributed by atoms with Gasteiger partial charge in [-0.3, -0.25) is 11.3 Å². The van der Waals surface area contributed by atoms with Gasteiger partial charge in [0.2, 0.25) is 5.96 Å². The van der Waals surface area contributed by atoms with Crippen LogP contribution in [-0.4, -0.2) is 24.0 Å². The van der Waals surface area contributed by atoms with Crippen molar-refractivity contribution in [2.45, 2.75) is 20.3 Å². The molecule has 0 amide bonds. The number of hydrogen-bond acceptors (Lipinski definition) is 8. The number of anilines is 1. The van der Waals surface area contributed by atoms with Gasteiger partial charge in [0, 0.05) is 29.5 Å². The number of ether oxygens (including phenoxy) is 1. The molecule has 29 heavy (non-hydrogen) atoms. The highest BCUT2D eigenvalue weighted by Crippen LogP contribution is 2.30. The molecule has 1 aliphatic rings. The third kappa shape index (κ3) is 9.34. The summed E-state index contributed by atoms with van der Waals surface area (Å²) in [5.74, 6) is 7.43. The normalized spacial score (nSPS) is 12.1. The van der Waals surface area contributed by atoms with Gasteiger partial charge in [0.15, 0.2) is 11.6 Å². The van der Waals surface area contributed by atoms with E-state index in [1.807, 2.05) is 58.9 Å². The van der Waals surface area contributed by atoms with Gasteiger partial charge in [-0.1, -0.05) is 41.4 Å². The Morgan fingerprint density at radius 3 is 2.48 bits per heavy atom. The van der Waals surface area contributed by atoms with Crippen LogP contribution in [-0.2, 0) is 0 Å². The third-order valence-electron chi connectivity index (χ3n) is 3.54. The fraction of sp³-hybridized carbons (Fsp3) is 0.263. The van der Waals surface area contributed by atoms with Gasteiger partial charge in [-0.05, 0) is 40.1 Å². The molecule has 0 aliphatic carbocycles. The molecule has 2 aromatic rings. The zero-order valence-electron chi connectivity index (χ0n) is 16.7. The molecule has 10 heteroatoms. The van der Waals surface area contributed by atoms with Crippen LogP contribution in [0.2, 0.25) is 0 Å². The van der Waals surface area contributed by atoms with Crippen LogP contribution in [0.3, 0.4) is 0 Å². The second-order valence-corrected chi connectivity index (χ2v) is 6.48.